The highest BCUT2D eigenvalue weighted by Gasteiger charge is 2.07. The number of aryl methyl sites for hydroxylation is 1. The van der Waals surface area contributed by atoms with Crippen molar-refractivity contribution in [3.8, 4) is 11.6 Å². The maximum absolute atomic E-state index is 5.85. The predicted octanol–water partition coefficient (Wildman–Crippen LogP) is 1.73. The fraction of sp³-hybridized carbons (Fsp3) is 0.214. The van der Waals surface area contributed by atoms with E-state index in [-0.39, 0.29) is 0 Å². The van der Waals surface area contributed by atoms with Crippen molar-refractivity contribution < 1.29 is 4.74 Å². The Morgan fingerprint density at radius 3 is 2.80 bits per heavy atom. The average Bonchev–Trinajstić information content (AvgIpc) is 2.89. The summed E-state index contributed by atoms with van der Waals surface area (Å²) in [7, 11) is 0. The molecule has 0 bridgehead atoms. The highest BCUT2D eigenvalue weighted by Crippen LogP contribution is 2.22. The highest BCUT2D eigenvalue weighted by molar-refractivity contribution is 5.36. The molecule has 0 aliphatic carbocycles. The first-order valence-corrected chi connectivity index (χ1v) is 6.40. The fourth-order valence-electron chi connectivity index (χ4n) is 1.98. The molecule has 0 spiro atoms. The monoisotopic (exact) mass is 269 g/mol. The van der Waals surface area contributed by atoms with E-state index in [1.807, 2.05) is 37.3 Å². The number of hydrogen-bond acceptors (Lipinski definition) is 5. The van der Waals surface area contributed by atoms with Gasteiger partial charge >= 0.3 is 0 Å². The summed E-state index contributed by atoms with van der Waals surface area (Å²) in [5.74, 6) is 1.87. The molecular weight excluding hydrogens is 254 g/mol. The Morgan fingerprint density at radius 2 is 2.05 bits per heavy atom. The lowest BCUT2D eigenvalue weighted by Gasteiger charge is -2.08. The Hall–Kier alpha value is -2.47. The van der Waals surface area contributed by atoms with E-state index in [0.717, 1.165) is 17.9 Å². The zero-order valence-electron chi connectivity index (χ0n) is 11.2. The molecule has 0 unspecified atom stereocenters. The molecule has 0 fully saturated rings. The Balaban J connectivity index is 1.90. The quantitative estimate of drug-likeness (QED) is 0.780. The Kier molecular flexibility index (Phi) is 3.30. The lowest BCUT2D eigenvalue weighted by molar-refractivity contribution is 0.445. The molecule has 1 aromatic carbocycles. The van der Waals surface area contributed by atoms with Crippen molar-refractivity contribution >= 4 is 5.78 Å². The number of benzene rings is 1. The number of aromatic nitrogens is 4. The zero-order chi connectivity index (χ0) is 13.9. The second-order valence-corrected chi connectivity index (χ2v) is 4.49. The minimum Gasteiger partial charge on any atom is -0.439 e. The first kappa shape index (κ1) is 12.6. The summed E-state index contributed by atoms with van der Waals surface area (Å²) < 4.78 is 7.42. The van der Waals surface area contributed by atoms with Gasteiger partial charge < -0.3 is 10.5 Å². The number of nitrogens with two attached hydrogens (primary N) is 1. The van der Waals surface area contributed by atoms with Gasteiger partial charge in [-0.25, -0.2) is 4.98 Å². The van der Waals surface area contributed by atoms with Crippen LogP contribution >= 0.6 is 0 Å². The van der Waals surface area contributed by atoms with Crippen molar-refractivity contribution in [2.45, 2.75) is 13.3 Å². The maximum Gasteiger partial charge on any atom is 0.255 e. The van der Waals surface area contributed by atoms with Gasteiger partial charge in [0.25, 0.3) is 5.78 Å². The molecule has 2 heterocycles. The van der Waals surface area contributed by atoms with Crippen LogP contribution < -0.4 is 10.5 Å². The molecule has 0 atom stereocenters. The molecular formula is C14H15N5O. The molecule has 102 valence electrons. The largest absolute Gasteiger partial charge is 0.439 e. The maximum atomic E-state index is 5.85. The van der Waals surface area contributed by atoms with E-state index in [2.05, 4.69) is 15.1 Å². The van der Waals surface area contributed by atoms with Gasteiger partial charge in [0.15, 0.2) is 0 Å². The third kappa shape index (κ3) is 2.46. The SMILES string of the molecule is Cc1cc(Oc2ccc(CCN)cc2)n2ncnc2n1. The minimum atomic E-state index is 0.528. The van der Waals surface area contributed by atoms with Crippen LogP contribution in [0.1, 0.15) is 11.3 Å². The summed E-state index contributed by atoms with van der Waals surface area (Å²) >= 11 is 0. The van der Waals surface area contributed by atoms with Crippen LogP contribution in [0.2, 0.25) is 0 Å². The molecule has 0 saturated carbocycles. The molecule has 6 nitrogen and oxygen atoms in total. The Labute approximate surface area is 116 Å². The third-order valence-corrected chi connectivity index (χ3v) is 2.93. The molecule has 0 radical (unpaired) electrons. The number of nitrogens with zero attached hydrogens (tertiary/aromatic N) is 4. The van der Waals surface area contributed by atoms with Crippen LogP contribution in [0.4, 0.5) is 0 Å². The third-order valence-electron chi connectivity index (χ3n) is 2.93. The van der Waals surface area contributed by atoms with E-state index in [9.17, 15) is 0 Å². The van der Waals surface area contributed by atoms with Crippen molar-refractivity contribution in [1.29, 1.82) is 0 Å². The summed E-state index contributed by atoms with van der Waals surface area (Å²) in [6.45, 7) is 2.54. The summed E-state index contributed by atoms with van der Waals surface area (Å²) in [6.07, 6.45) is 2.32. The van der Waals surface area contributed by atoms with Gasteiger partial charge in [0.05, 0.1) is 0 Å². The van der Waals surface area contributed by atoms with Gasteiger partial charge in [-0.3, -0.25) is 0 Å². The van der Waals surface area contributed by atoms with Crippen molar-refractivity contribution in [2.75, 3.05) is 6.54 Å². The van der Waals surface area contributed by atoms with Gasteiger partial charge in [-0.05, 0) is 37.6 Å². The average molecular weight is 269 g/mol. The summed E-state index contributed by atoms with van der Waals surface area (Å²) in [5, 5.41) is 4.10. The standard InChI is InChI=1S/C14H15N5O/c1-10-8-13(19-14(18-10)16-9-17-19)20-12-4-2-11(3-5-12)6-7-15/h2-5,8-9H,6-7,15H2,1H3. The number of ether oxygens (including phenoxy) is 1. The molecule has 2 N–H and O–H groups in total. The van der Waals surface area contributed by atoms with E-state index in [0.29, 0.717) is 18.2 Å². The second kappa shape index (κ2) is 5.26. The normalized spacial score (nSPS) is 10.9. The minimum absolute atomic E-state index is 0.528. The molecule has 20 heavy (non-hydrogen) atoms. The van der Waals surface area contributed by atoms with Crippen LogP contribution in [0.25, 0.3) is 5.78 Å². The first-order chi connectivity index (χ1) is 9.76. The van der Waals surface area contributed by atoms with Crippen LogP contribution in [0.3, 0.4) is 0 Å². The molecule has 3 aromatic rings. The van der Waals surface area contributed by atoms with Gasteiger partial charge in [0.1, 0.15) is 12.1 Å². The van der Waals surface area contributed by atoms with E-state index >= 15 is 0 Å². The lowest BCUT2D eigenvalue weighted by Crippen LogP contribution is -2.02. The molecule has 3 rings (SSSR count). The smallest absolute Gasteiger partial charge is 0.255 e. The van der Waals surface area contributed by atoms with Crippen molar-refractivity contribution in [2.24, 2.45) is 5.73 Å². The van der Waals surface area contributed by atoms with Crippen LogP contribution in [0.15, 0.2) is 36.7 Å². The van der Waals surface area contributed by atoms with Gasteiger partial charge in [0.2, 0.25) is 5.88 Å². The molecule has 0 aliphatic heterocycles. The Bertz CT molecular complexity index is 720. The lowest BCUT2D eigenvalue weighted by atomic mass is 10.1. The molecule has 0 aliphatic rings. The molecule has 0 saturated heterocycles. The summed E-state index contributed by atoms with van der Waals surface area (Å²) in [6, 6.07) is 9.69. The van der Waals surface area contributed by atoms with E-state index in [4.69, 9.17) is 10.5 Å². The van der Waals surface area contributed by atoms with Gasteiger partial charge in [-0.1, -0.05) is 12.1 Å². The van der Waals surface area contributed by atoms with Crippen LogP contribution in [0.5, 0.6) is 11.6 Å². The van der Waals surface area contributed by atoms with Crippen LogP contribution in [-0.2, 0) is 6.42 Å². The molecule has 2 aromatic heterocycles. The molecule has 6 heteroatoms. The summed E-state index contributed by atoms with van der Waals surface area (Å²) in [4.78, 5) is 8.34. The van der Waals surface area contributed by atoms with E-state index in [1.165, 1.54) is 11.9 Å². The summed E-state index contributed by atoms with van der Waals surface area (Å²) in [5.41, 5.74) is 7.56. The predicted molar refractivity (Wildman–Crippen MR) is 74.8 cm³/mol. The second-order valence-electron chi connectivity index (χ2n) is 4.49. The van der Waals surface area contributed by atoms with Crippen molar-refractivity contribution in [1.82, 2.24) is 19.6 Å². The van der Waals surface area contributed by atoms with Crippen LogP contribution in [0, 0.1) is 6.92 Å². The van der Waals surface area contributed by atoms with E-state index in [1.54, 1.807) is 4.52 Å². The van der Waals surface area contributed by atoms with Crippen LogP contribution in [-0.4, -0.2) is 26.1 Å². The van der Waals surface area contributed by atoms with Crippen molar-refractivity contribution in [3.63, 3.8) is 0 Å². The highest BCUT2D eigenvalue weighted by atomic mass is 16.5. The first-order valence-electron chi connectivity index (χ1n) is 6.40. The topological polar surface area (TPSA) is 78.3 Å². The van der Waals surface area contributed by atoms with Gasteiger partial charge in [-0.2, -0.15) is 14.6 Å². The Morgan fingerprint density at radius 1 is 1.25 bits per heavy atom. The van der Waals surface area contributed by atoms with Crippen molar-refractivity contribution in [3.05, 3.63) is 47.9 Å². The molecule has 0 amide bonds. The van der Waals surface area contributed by atoms with Gasteiger partial charge in [-0.15, -0.1) is 0 Å². The number of fused-ring (bicyclic) bond motifs is 1. The van der Waals surface area contributed by atoms with E-state index < -0.39 is 0 Å². The zero-order valence-corrected chi connectivity index (χ0v) is 11.2. The van der Waals surface area contributed by atoms with Gasteiger partial charge in [0, 0.05) is 11.8 Å². The fourth-order valence-corrected chi connectivity index (χ4v) is 1.98. The number of hydrogen-bond donors (Lipinski definition) is 1. The number of rotatable bonds is 4.